The number of anilines is 2. The number of nitrogens with one attached hydrogen (secondary N) is 1. The Morgan fingerprint density at radius 1 is 1.23 bits per heavy atom. The fourth-order valence-electron chi connectivity index (χ4n) is 3.11. The van der Waals surface area contributed by atoms with Crippen LogP contribution in [0.3, 0.4) is 0 Å². The molecular formula is C19H25N5O2. The monoisotopic (exact) mass is 355 g/mol. The van der Waals surface area contributed by atoms with Crippen LogP contribution in [0.5, 0.6) is 0 Å². The van der Waals surface area contributed by atoms with Crippen molar-refractivity contribution in [1.82, 2.24) is 15.1 Å². The molecule has 1 aliphatic rings. The zero-order valence-electron chi connectivity index (χ0n) is 15.5. The summed E-state index contributed by atoms with van der Waals surface area (Å²) in [4.78, 5) is 28.4. The van der Waals surface area contributed by atoms with Gasteiger partial charge in [-0.25, -0.2) is 4.68 Å². The lowest BCUT2D eigenvalue weighted by atomic mass is 10.0. The molecule has 2 aromatic rings. The van der Waals surface area contributed by atoms with Crippen LogP contribution in [0.4, 0.5) is 11.4 Å². The molecule has 0 bridgehead atoms. The van der Waals surface area contributed by atoms with Crippen molar-refractivity contribution in [3.05, 3.63) is 52.4 Å². The van der Waals surface area contributed by atoms with E-state index >= 15 is 0 Å². The summed E-state index contributed by atoms with van der Waals surface area (Å²) in [5.41, 5.74) is 2.41. The second-order valence-corrected chi connectivity index (χ2v) is 6.86. The van der Waals surface area contributed by atoms with Gasteiger partial charge >= 0.3 is 0 Å². The van der Waals surface area contributed by atoms with E-state index in [9.17, 15) is 9.59 Å². The second kappa shape index (κ2) is 7.59. The van der Waals surface area contributed by atoms with E-state index in [1.165, 1.54) is 4.68 Å². The predicted octanol–water partition coefficient (Wildman–Crippen LogP) is 1.25. The molecule has 1 saturated heterocycles. The number of benzene rings is 1. The van der Waals surface area contributed by atoms with Gasteiger partial charge in [0.15, 0.2) is 0 Å². The molecule has 0 saturated carbocycles. The number of hydrogen-bond acceptors (Lipinski definition) is 5. The van der Waals surface area contributed by atoms with Crippen LogP contribution < -0.4 is 20.7 Å². The van der Waals surface area contributed by atoms with Crippen molar-refractivity contribution in [2.24, 2.45) is 7.05 Å². The summed E-state index contributed by atoms with van der Waals surface area (Å²) in [6.07, 6.45) is 3.40. The summed E-state index contributed by atoms with van der Waals surface area (Å²) in [7, 11) is 5.55. The van der Waals surface area contributed by atoms with E-state index in [4.69, 9.17) is 0 Å². The van der Waals surface area contributed by atoms with Gasteiger partial charge in [-0.2, -0.15) is 5.10 Å². The van der Waals surface area contributed by atoms with Crippen LogP contribution in [-0.4, -0.2) is 48.9 Å². The van der Waals surface area contributed by atoms with Crippen LogP contribution in [0.25, 0.3) is 0 Å². The number of amides is 1. The van der Waals surface area contributed by atoms with Gasteiger partial charge < -0.3 is 15.1 Å². The highest BCUT2D eigenvalue weighted by Gasteiger charge is 2.22. The summed E-state index contributed by atoms with van der Waals surface area (Å²) in [6.45, 7) is 1.58. The average Bonchev–Trinajstić information content (AvgIpc) is 2.64. The smallest absolute Gasteiger partial charge is 0.268 e. The molecule has 26 heavy (non-hydrogen) atoms. The lowest BCUT2D eigenvalue weighted by Gasteiger charge is -2.33. The third-order valence-electron chi connectivity index (χ3n) is 4.77. The van der Waals surface area contributed by atoms with Crippen LogP contribution in [0, 0.1) is 0 Å². The highest BCUT2D eigenvalue weighted by Crippen LogP contribution is 2.19. The molecule has 7 nitrogen and oxygen atoms in total. The molecule has 0 unspecified atom stereocenters. The van der Waals surface area contributed by atoms with E-state index in [2.05, 4.69) is 15.3 Å². The van der Waals surface area contributed by atoms with E-state index in [0.29, 0.717) is 5.56 Å². The van der Waals surface area contributed by atoms with E-state index < -0.39 is 0 Å². The van der Waals surface area contributed by atoms with Gasteiger partial charge in [0.2, 0.25) is 0 Å². The quantitative estimate of drug-likeness (QED) is 0.894. The Morgan fingerprint density at radius 2 is 1.96 bits per heavy atom. The van der Waals surface area contributed by atoms with Gasteiger partial charge in [0.05, 0.1) is 11.9 Å². The molecule has 1 aromatic carbocycles. The highest BCUT2D eigenvalue weighted by atomic mass is 16.1. The topological polar surface area (TPSA) is 70.5 Å². The number of carbonyl (C=O) groups excluding carboxylic acids is 1. The first-order chi connectivity index (χ1) is 12.4. The number of aryl methyl sites for hydroxylation is 1. The van der Waals surface area contributed by atoms with Crippen molar-refractivity contribution in [1.29, 1.82) is 0 Å². The summed E-state index contributed by atoms with van der Waals surface area (Å²) < 4.78 is 1.32. The van der Waals surface area contributed by atoms with Crippen molar-refractivity contribution in [2.45, 2.75) is 18.9 Å². The molecule has 0 radical (unpaired) electrons. The van der Waals surface area contributed by atoms with Gasteiger partial charge in [0.1, 0.15) is 0 Å². The SMILES string of the molecule is CN(C)c1cccc(C(=O)NC2CCN(c3cnn(C)c(=O)c3)CC2)c1. The molecule has 7 heteroatoms. The third-order valence-corrected chi connectivity index (χ3v) is 4.77. The maximum atomic E-state index is 12.5. The number of piperidine rings is 1. The zero-order chi connectivity index (χ0) is 18.7. The second-order valence-electron chi connectivity index (χ2n) is 6.86. The van der Waals surface area contributed by atoms with E-state index in [1.54, 1.807) is 19.3 Å². The van der Waals surface area contributed by atoms with E-state index in [1.807, 2.05) is 43.3 Å². The average molecular weight is 355 g/mol. The maximum absolute atomic E-state index is 12.5. The van der Waals surface area contributed by atoms with Crippen LogP contribution in [-0.2, 0) is 7.05 Å². The zero-order valence-corrected chi connectivity index (χ0v) is 15.5. The molecule has 1 aliphatic heterocycles. The first kappa shape index (κ1) is 18.0. The molecular weight excluding hydrogens is 330 g/mol. The summed E-state index contributed by atoms with van der Waals surface area (Å²) in [5, 5.41) is 7.20. The number of aromatic nitrogens is 2. The van der Waals surface area contributed by atoms with Crippen LogP contribution in [0.15, 0.2) is 41.3 Å². The Labute approximate surface area is 153 Å². The minimum absolute atomic E-state index is 0.0394. The van der Waals surface area contributed by atoms with Crippen molar-refractivity contribution < 1.29 is 4.79 Å². The minimum atomic E-state index is -0.112. The van der Waals surface area contributed by atoms with Crippen molar-refractivity contribution in [3.63, 3.8) is 0 Å². The summed E-state index contributed by atoms with van der Waals surface area (Å²) >= 11 is 0. The van der Waals surface area contributed by atoms with Gasteiger partial charge in [-0.1, -0.05) is 6.07 Å². The van der Waals surface area contributed by atoms with Crippen LogP contribution in [0.2, 0.25) is 0 Å². The molecule has 0 atom stereocenters. The van der Waals surface area contributed by atoms with Crippen LogP contribution >= 0.6 is 0 Å². The Hall–Kier alpha value is -2.83. The lowest BCUT2D eigenvalue weighted by Crippen LogP contribution is -2.45. The first-order valence-corrected chi connectivity index (χ1v) is 8.80. The Morgan fingerprint density at radius 3 is 2.62 bits per heavy atom. The fourth-order valence-corrected chi connectivity index (χ4v) is 3.11. The molecule has 1 fully saturated rings. The summed E-state index contributed by atoms with van der Waals surface area (Å²) in [5.74, 6) is -0.0394. The third kappa shape index (κ3) is 4.04. The van der Waals surface area contributed by atoms with Crippen molar-refractivity contribution in [2.75, 3.05) is 37.0 Å². The van der Waals surface area contributed by atoms with Crippen LogP contribution in [0.1, 0.15) is 23.2 Å². The fraction of sp³-hybridized carbons (Fsp3) is 0.421. The molecule has 3 rings (SSSR count). The minimum Gasteiger partial charge on any atom is -0.378 e. The molecule has 0 aliphatic carbocycles. The Kier molecular flexibility index (Phi) is 5.25. The number of rotatable bonds is 4. The van der Waals surface area contributed by atoms with Gasteiger partial charge in [0, 0.05) is 57.6 Å². The Balaban J connectivity index is 1.58. The molecule has 1 amide bonds. The highest BCUT2D eigenvalue weighted by molar-refractivity contribution is 5.95. The van der Waals surface area contributed by atoms with Crippen molar-refractivity contribution >= 4 is 17.3 Å². The normalized spacial score (nSPS) is 15.0. The molecule has 0 spiro atoms. The largest absolute Gasteiger partial charge is 0.378 e. The van der Waals surface area contributed by atoms with E-state index in [-0.39, 0.29) is 17.5 Å². The van der Waals surface area contributed by atoms with Gasteiger partial charge in [-0.05, 0) is 31.0 Å². The molecule has 138 valence electrons. The van der Waals surface area contributed by atoms with Gasteiger partial charge in [-0.15, -0.1) is 0 Å². The lowest BCUT2D eigenvalue weighted by molar-refractivity contribution is 0.0931. The molecule has 2 heterocycles. The van der Waals surface area contributed by atoms with Gasteiger partial charge in [0.25, 0.3) is 11.5 Å². The number of nitrogens with zero attached hydrogens (tertiary/aromatic N) is 4. The Bertz CT molecular complexity index is 838. The van der Waals surface area contributed by atoms with Crippen molar-refractivity contribution in [3.8, 4) is 0 Å². The number of hydrogen-bond donors (Lipinski definition) is 1. The molecule has 1 N–H and O–H groups in total. The van der Waals surface area contributed by atoms with E-state index in [0.717, 1.165) is 37.3 Å². The predicted molar refractivity (Wildman–Crippen MR) is 103 cm³/mol. The standard InChI is InChI=1S/C19H25N5O2/c1-22(2)16-6-4-5-14(11-16)19(26)21-15-7-9-24(10-8-15)17-12-18(25)23(3)20-13-17/h4-6,11-13,15H,7-10H2,1-3H3,(H,21,26). The summed E-state index contributed by atoms with van der Waals surface area (Å²) in [6, 6.07) is 9.36. The first-order valence-electron chi connectivity index (χ1n) is 8.80. The number of carbonyl (C=O) groups is 1. The molecule has 1 aromatic heterocycles. The maximum Gasteiger partial charge on any atom is 0.268 e. The van der Waals surface area contributed by atoms with Gasteiger partial charge in [-0.3, -0.25) is 9.59 Å².